The first-order valence-corrected chi connectivity index (χ1v) is 3.55. The molecule has 5 heteroatoms. The molecule has 1 fully saturated rings. The van der Waals surface area contributed by atoms with Crippen molar-refractivity contribution in [3.05, 3.63) is 0 Å². The molecule has 1 heterocycles. The average Bonchev–Trinajstić information content (AvgIpc) is 2.01. The molecule has 0 spiro atoms. The lowest BCUT2D eigenvalue weighted by atomic mass is 9.97. The summed E-state index contributed by atoms with van der Waals surface area (Å²) in [7, 11) is 0. The molecular weight excluding hydrogens is 150 g/mol. The number of nitrogens with one attached hydrogen (secondary N) is 1. The summed E-state index contributed by atoms with van der Waals surface area (Å²) in [4.78, 5) is 0. The van der Waals surface area contributed by atoms with Gasteiger partial charge in [-0.2, -0.15) is 0 Å². The van der Waals surface area contributed by atoms with Crippen LogP contribution in [0.4, 0.5) is 0 Å². The highest BCUT2D eigenvalue weighted by atomic mass is 16.4. The fourth-order valence-corrected chi connectivity index (χ4v) is 1.15. The van der Waals surface area contributed by atoms with Crippen molar-refractivity contribution >= 4 is 0 Å². The van der Waals surface area contributed by atoms with Crippen LogP contribution < -0.4 is 5.32 Å². The van der Waals surface area contributed by atoms with Crippen molar-refractivity contribution in [3.63, 3.8) is 0 Å². The zero-order valence-electron chi connectivity index (χ0n) is 6.01. The van der Waals surface area contributed by atoms with Crippen LogP contribution in [-0.2, 0) is 0 Å². The molecule has 0 unspecified atom stereocenters. The summed E-state index contributed by atoms with van der Waals surface area (Å²) in [6.07, 6.45) is -3.20. The zero-order valence-corrected chi connectivity index (χ0v) is 6.01. The first-order valence-electron chi connectivity index (χ1n) is 3.55. The predicted octanol–water partition coefficient (Wildman–Crippen LogP) is -2.97. The average molecular weight is 163 g/mol. The molecule has 66 valence electrons. The molecule has 0 aromatic heterocycles. The first-order chi connectivity index (χ1) is 5.16. The second-order valence-electron chi connectivity index (χ2n) is 2.75. The normalized spacial score (nSPS) is 45.8. The van der Waals surface area contributed by atoms with E-state index in [2.05, 4.69) is 5.32 Å². The largest absolute Gasteiger partial charge is 0.395 e. The molecule has 5 nitrogen and oxygen atoms in total. The van der Waals surface area contributed by atoms with Gasteiger partial charge < -0.3 is 25.7 Å². The molecule has 0 amide bonds. The van der Waals surface area contributed by atoms with Gasteiger partial charge >= 0.3 is 0 Å². The second kappa shape index (κ2) is 3.46. The molecule has 1 rings (SSSR count). The van der Waals surface area contributed by atoms with Crippen molar-refractivity contribution in [1.29, 1.82) is 0 Å². The fourth-order valence-electron chi connectivity index (χ4n) is 1.15. The number of hydrogen-bond acceptors (Lipinski definition) is 5. The molecule has 0 radical (unpaired) electrons. The third-order valence-corrected chi connectivity index (χ3v) is 1.94. The number of rotatable bonds is 1. The van der Waals surface area contributed by atoms with Gasteiger partial charge in [0.2, 0.25) is 0 Å². The highest BCUT2D eigenvalue weighted by molar-refractivity contribution is 4.91. The Hall–Kier alpha value is -0.200. The number of aliphatic hydroxyl groups excluding tert-OH is 4. The maximum Gasteiger partial charge on any atom is 0.109 e. The van der Waals surface area contributed by atoms with Crippen molar-refractivity contribution in [2.24, 2.45) is 0 Å². The number of β-amino-alcohol motifs (C(OH)–C–C–N with tert-alkyl or cyclic N) is 1. The van der Waals surface area contributed by atoms with E-state index in [-0.39, 0.29) is 13.2 Å². The Balaban J connectivity index is 2.52. The van der Waals surface area contributed by atoms with Gasteiger partial charge in [0, 0.05) is 6.54 Å². The summed E-state index contributed by atoms with van der Waals surface area (Å²) < 4.78 is 0. The quantitative estimate of drug-likeness (QED) is 0.285. The summed E-state index contributed by atoms with van der Waals surface area (Å²) in [6.45, 7) is -0.0472. The van der Waals surface area contributed by atoms with E-state index in [0.717, 1.165) is 0 Å². The van der Waals surface area contributed by atoms with Crippen molar-refractivity contribution in [2.45, 2.75) is 24.4 Å². The number of piperidine rings is 1. The van der Waals surface area contributed by atoms with Crippen LogP contribution in [0.2, 0.25) is 0 Å². The Morgan fingerprint density at radius 3 is 2.36 bits per heavy atom. The standard InChI is InChI=1S/C6H13NO4/c8-2-3-5(10)6(11)4(9)1-7-3/h3-11H,1-2H2/t3-,4-,5-,6-/m0/s1. The molecule has 0 aliphatic carbocycles. The number of hydrogen-bond donors (Lipinski definition) is 5. The Bertz CT molecular complexity index is 130. The Kier molecular flexibility index (Phi) is 2.80. The van der Waals surface area contributed by atoms with E-state index in [1.807, 2.05) is 0 Å². The molecule has 0 aromatic rings. The van der Waals surface area contributed by atoms with E-state index >= 15 is 0 Å². The van der Waals surface area contributed by atoms with Gasteiger partial charge in [0.15, 0.2) is 0 Å². The van der Waals surface area contributed by atoms with Gasteiger partial charge in [0.25, 0.3) is 0 Å². The Morgan fingerprint density at radius 2 is 1.82 bits per heavy atom. The van der Waals surface area contributed by atoms with E-state index in [1.54, 1.807) is 0 Å². The van der Waals surface area contributed by atoms with Crippen LogP contribution in [0.1, 0.15) is 0 Å². The molecule has 11 heavy (non-hydrogen) atoms. The van der Waals surface area contributed by atoms with Crippen LogP contribution >= 0.6 is 0 Å². The Morgan fingerprint density at radius 1 is 1.18 bits per heavy atom. The lowest BCUT2D eigenvalue weighted by Gasteiger charge is -2.34. The van der Waals surface area contributed by atoms with E-state index < -0.39 is 24.4 Å². The van der Waals surface area contributed by atoms with Crippen LogP contribution in [0.5, 0.6) is 0 Å². The Labute approximate surface area is 64.3 Å². The summed E-state index contributed by atoms with van der Waals surface area (Å²) >= 11 is 0. The minimum atomic E-state index is -1.16. The highest BCUT2D eigenvalue weighted by Crippen LogP contribution is 2.09. The van der Waals surface area contributed by atoms with Gasteiger partial charge in [-0.25, -0.2) is 0 Å². The molecule has 1 aliphatic heterocycles. The van der Waals surface area contributed by atoms with Crippen molar-refractivity contribution < 1.29 is 20.4 Å². The molecule has 4 atom stereocenters. The lowest BCUT2D eigenvalue weighted by Crippen LogP contribution is -2.60. The monoisotopic (exact) mass is 163 g/mol. The molecule has 0 aromatic carbocycles. The van der Waals surface area contributed by atoms with E-state index in [9.17, 15) is 5.11 Å². The highest BCUT2D eigenvalue weighted by Gasteiger charge is 2.35. The first kappa shape index (κ1) is 8.89. The summed E-state index contributed by atoms with van der Waals surface area (Å²) in [5, 5.41) is 38.6. The van der Waals surface area contributed by atoms with Crippen LogP contribution in [0, 0.1) is 0 Å². The van der Waals surface area contributed by atoms with Gasteiger partial charge in [0.1, 0.15) is 6.10 Å². The molecule has 1 saturated heterocycles. The van der Waals surface area contributed by atoms with Crippen molar-refractivity contribution in [1.82, 2.24) is 5.32 Å². The van der Waals surface area contributed by atoms with E-state index in [1.165, 1.54) is 0 Å². The topological polar surface area (TPSA) is 93.0 Å². The molecule has 1 aliphatic rings. The van der Waals surface area contributed by atoms with Gasteiger partial charge in [-0.3, -0.25) is 0 Å². The molecule has 0 bridgehead atoms. The van der Waals surface area contributed by atoms with Crippen molar-refractivity contribution in [2.75, 3.05) is 13.2 Å². The van der Waals surface area contributed by atoms with Gasteiger partial charge in [-0.15, -0.1) is 0 Å². The van der Waals surface area contributed by atoms with Crippen molar-refractivity contribution in [3.8, 4) is 0 Å². The van der Waals surface area contributed by atoms with Crippen LogP contribution in [0.3, 0.4) is 0 Å². The summed E-state index contributed by atoms with van der Waals surface area (Å²) in [5.74, 6) is 0. The fraction of sp³-hybridized carbons (Fsp3) is 1.00. The molecule has 5 N–H and O–H groups in total. The third-order valence-electron chi connectivity index (χ3n) is 1.94. The minimum absolute atomic E-state index is 0.198. The predicted molar refractivity (Wildman–Crippen MR) is 36.9 cm³/mol. The second-order valence-corrected chi connectivity index (χ2v) is 2.75. The van der Waals surface area contributed by atoms with E-state index in [0.29, 0.717) is 0 Å². The van der Waals surface area contributed by atoms with Gasteiger partial charge in [0.05, 0.1) is 24.9 Å². The smallest absolute Gasteiger partial charge is 0.109 e. The minimum Gasteiger partial charge on any atom is -0.395 e. The van der Waals surface area contributed by atoms with Gasteiger partial charge in [-0.1, -0.05) is 0 Å². The lowest BCUT2D eigenvalue weighted by molar-refractivity contribution is -0.101. The molecule has 0 saturated carbocycles. The summed E-state index contributed by atoms with van der Waals surface area (Å²) in [5.41, 5.74) is 0. The zero-order chi connectivity index (χ0) is 8.43. The summed E-state index contributed by atoms with van der Waals surface area (Å²) in [6, 6.07) is -0.534. The maximum absolute atomic E-state index is 9.18. The van der Waals surface area contributed by atoms with Crippen LogP contribution in [0.15, 0.2) is 0 Å². The van der Waals surface area contributed by atoms with Crippen LogP contribution in [0.25, 0.3) is 0 Å². The third kappa shape index (κ3) is 1.69. The van der Waals surface area contributed by atoms with Crippen LogP contribution in [-0.4, -0.2) is 57.9 Å². The molecular formula is C6H13NO4. The van der Waals surface area contributed by atoms with E-state index in [4.69, 9.17) is 15.3 Å². The maximum atomic E-state index is 9.18. The SMILES string of the molecule is OC[C@@H]1NC[C@H](O)[C@H](O)[C@H]1O. The number of aliphatic hydroxyl groups is 4. The van der Waals surface area contributed by atoms with Gasteiger partial charge in [-0.05, 0) is 0 Å².